The molecular weight excluding hydrogens is 426 g/mol. The maximum atomic E-state index is 12.9. The Hall–Kier alpha value is -3.52. The van der Waals surface area contributed by atoms with Crippen molar-refractivity contribution in [2.24, 2.45) is 0 Å². The van der Waals surface area contributed by atoms with Gasteiger partial charge in [-0.15, -0.1) is 0 Å². The van der Waals surface area contributed by atoms with Crippen LogP contribution in [0.5, 0.6) is 11.5 Å². The maximum Gasteiger partial charge on any atom is 0.296 e. The summed E-state index contributed by atoms with van der Waals surface area (Å²) < 4.78 is 12.8. The molecule has 0 amide bonds. The first-order chi connectivity index (χ1) is 15.6. The number of thiazole rings is 1. The Kier molecular flexibility index (Phi) is 6.61. The normalized spacial score (nSPS) is 11.8. The molecule has 0 fully saturated rings. The minimum atomic E-state index is -0.420. The van der Waals surface area contributed by atoms with Crippen LogP contribution >= 0.6 is 11.3 Å². The summed E-state index contributed by atoms with van der Waals surface area (Å²) in [5.74, 6) is 1.26. The second kappa shape index (κ2) is 9.74. The quantitative estimate of drug-likeness (QED) is 0.385. The van der Waals surface area contributed by atoms with E-state index in [1.54, 1.807) is 13.2 Å². The molecule has 0 aliphatic carbocycles. The summed E-state index contributed by atoms with van der Waals surface area (Å²) in [5, 5.41) is 4.30. The van der Waals surface area contributed by atoms with Gasteiger partial charge in [0.2, 0.25) is 4.96 Å². The second-order valence-corrected chi connectivity index (χ2v) is 8.26. The lowest BCUT2D eigenvalue weighted by Crippen LogP contribution is -2.28. The van der Waals surface area contributed by atoms with Gasteiger partial charge in [0.05, 0.1) is 18.2 Å². The van der Waals surface area contributed by atoms with Crippen LogP contribution in [0.4, 0.5) is 0 Å². The van der Waals surface area contributed by atoms with E-state index in [-0.39, 0.29) is 16.2 Å². The molecule has 2 aromatic carbocycles. The summed E-state index contributed by atoms with van der Waals surface area (Å²) in [6.07, 6.45) is 4.07. The van der Waals surface area contributed by atoms with Crippen LogP contribution in [0.25, 0.3) is 11.0 Å². The van der Waals surface area contributed by atoms with E-state index in [1.165, 1.54) is 4.52 Å². The molecule has 0 saturated heterocycles. The number of ether oxygens (including phenoxy) is 2. The first kappa shape index (κ1) is 21.7. The van der Waals surface area contributed by atoms with Crippen molar-refractivity contribution >= 4 is 22.4 Å². The molecule has 0 spiro atoms. The zero-order chi connectivity index (χ0) is 22.5. The number of hydrogen-bond acceptors (Lipinski definition) is 7. The first-order valence-corrected chi connectivity index (χ1v) is 11.2. The lowest BCUT2D eigenvalue weighted by molar-refractivity contribution is 0.288. The number of methoxy groups -OCH3 is 1. The number of benzene rings is 2. The van der Waals surface area contributed by atoms with Crippen LogP contribution in [0, 0.1) is 0 Å². The number of aromatic nitrogens is 3. The summed E-state index contributed by atoms with van der Waals surface area (Å²) in [6, 6.07) is 15.0. The Morgan fingerprint density at radius 3 is 2.66 bits per heavy atom. The topological polar surface area (TPSA) is 82.8 Å². The third kappa shape index (κ3) is 4.70. The molecule has 7 nitrogen and oxygen atoms in total. The Bertz CT molecular complexity index is 1400. The van der Waals surface area contributed by atoms with Crippen molar-refractivity contribution in [3.8, 4) is 11.5 Å². The molecule has 0 radical (unpaired) electrons. The van der Waals surface area contributed by atoms with E-state index in [0.717, 1.165) is 35.3 Å². The highest BCUT2D eigenvalue weighted by molar-refractivity contribution is 7.15. The Labute approximate surface area is 188 Å². The highest BCUT2D eigenvalue weighted by Gasteiger charge is 2.12. The van der Waals surface area contributed by atoms with Gasteiger partial charge >= 0.3 is 0 Å². The van der Waals surface area contributed by atoms with Crippen LogP contribution < -0.4 is 25.1 Å². The third-order valence-corrected chi connectivity index (χ3v) is 5.86. The van der Waals surface area contributed by atoms with Crippen molar-refractivity contribution in [3.63, 3.8) is 0 Å². The molecule has 0 saturated carbocycles. The van der Waals surface area contributed by atoms with Crippen LogP contribution in [0.3, 0.4) is 0 Å². The zero-order valence-corrected chi connectivity index (χ0v) is 18.7. The summed E-state index contributed by atoms with van der Waals surface area (Å²) >= 11 is 1.13. The van der Waals surface area contributed by atoms with Crippen LogP contribution in [-0.2, 0) is 6.42 Å². The lowest BCUT2D eigenvalue weighted by Gasteiger charge is -2.10. The molecule has 4 aromatic rings. The van der Waals surface area contributed by atoms with Crippen molar-refractivity contribution in [2.45, 2.75) is 26.2 Å². The first-order valence-electron chi connectivity index (χ1n) is 10.4. The van der Waals surface area contributed by atoms with Gasteiger partial charge < -0.3 is 9.47 Å². The molecule has 0 unspecified atom stereocenters. The number of nitrogens with zero attached hydrogens (tertiary/aromatic N) is 3. The highest BCUT2D eigenvalue weighted by Crippen LogP contribution is 2.28. The monoisotopic (exact) mass is 449 g/mol. The fourth-order valence-electron chi connectivity index (χ4n) is 3.21. The molecule has 0 aliphatic heterocycles. The van der Waals surface area contributed by atoms with Crippen molar-refractivity contribution in [2.75, 3.05) is 13.7 Å². The molecular formula is C24H23N3O4S. The van der Waals surface area contributed by atoms with Crippen molar-refractivity contribution in [1.82, 2.24) is 14.6 Å². The van der Waals surface area contributed by atoms with Gasteiger partial charge in [-0.2, -0.15) is 14.6 Å². The van der Waals surface area contributed by atoms with E-state index in [4.69, 9.17) is 9.47 Å². The van der Waals surface area contributed by atoms with E-state index in [2.05, 4.69) is 17.0 Å². The molecule has 32 heavy (non-hydrogen) atoms. The molecule has 2 aromatic heterocycles. The molecule has 2 heterocycles. The van der Waals surface area contributed by atoms with Crippen LogP contribution in [-0.4, -0.2) is 28.3 Å². The maximum absolute atomic E-state index is 12.9. The van der Waals surface area contributed by atoms with E-state index < -0.39 is 5.56 Å². The van der Waals surface area contributed by atoms with Crippen LogP contribution in [0.1, 0.15) is 36.6 Å². The van der Waals surface area contributed by atoms with Gasteiger partial charge in [-0.3, -0.25) is 9.59 Å². The smallest absolute Gasteiger partial charge is 0.296 e. The molecule has 8 heteroatoms. The average molecular weight is 450 g/mol. The Morgan fingerprint density at radius 1 is 1.09 bits per heavy atom. The number of rotatable bonds is 8. The number of fused-ring (bicyclic) bond motifs is 1. The van der Waals surface area contributed by atoms with Gasteiger partial charge in [0, 0.05) is 6.42 Å². The molecule has 0 aliphatic rings. The lowest BCUT2D eigenvalue weighted by atomic mass is 10.1. The van der Waals surface area contributed by atoms with Gasteiger partial charge in [-0.1, -0.05) is 61.1 Å². The Morgan fingerprint density at radius 2 is 1.91 bits per heavy atom. The summed E-state index contributed by atoms with van der Waals surface area (Å²) in [5.41, 5.74) is 1.22. The standard InChI is InChI=1S/C24H23N3O4S/c1-3-4-12-31-19-11-10-17(14-20(19)30-2)15-21-23(29)27-24(32-21)25-22(28)18(26-27)13-16-8-6-5-7-9-16/h5-11,14-15H,3-4,12-13H2,1-2H3/b21-15+. The molecule has 164 valence electrons. The fraction of sp³-hybridized carbons (Fsp3) is 0.250. The predicted octanol–water partition coefficient (Wildman–Crippen LogP) is 2.84. The summed E-state index contributed by atoms with van der Waals surface area (Å²) in [4.78, 5) is 29.7. The third-order valence-electron chi connectivity index (χ3n) is 4.91. The largest absolute Gasteiger partial charge is 0.493 e. The highest BCUT2D eigenvalue weighted by atomic mass is 32.1. The van der Waals surface area contributed by atoms with E-state index in [0.29, 0.717) is 29.1 Å². The SMILES string of the molecule is CCCCOc1ccc(/C=c2/sc3nc(=O)c(Cc4ccccc4)nn3c2=O)cc1OC. The van der Waals surface area contributed by atoms with Gasteiger partial charge in [-0.25, -0.2) is 0 Å². The van der Waals surface area contributed by atoms with Gasteiger partial charge in [0.25, 0.3) is 11.1 Å². The molecule has 0 N–H and O–H groups in total. The minimum Gasteiger partial charge on any atom is -0.493 e. The summed E-state index contributed by atoms with van der Waals surface area (Å²) in [6.45, 7) is 2.72. The minimum absolute atomic E-state index is 0.241. The van der Waals surface area contributed by atoms with Crippen molar-refractivity contribution in [1.29, 1.82) is 0 Å². The van der Waals surface area contributed by atoms with Crippen LogP contribution in [0.15, 0.2) is 58.1 Å². The van der Waals surface area contributed by atoms with Gasteiger partial charge in [0.15, 0.2) is 11.5 Å². The predicted molar refractivity (Wildman–Crippen MR) is 125 cm³/mol. The van der Waals surface area contributed by atoms with Crippen molar-refractivity contribution in [3.05, 3.63) is 90.6 Å². The number of hydrogen-bond donors (Lipinski definition) is 0. The van der Waals surface area contributed by atoms with E-state index >= 15 is 0 Å². The Balaban J connectivity index is 1.69. The van der Waals surface area contributed by atoms with Crippen LogP contribution in [0.2, 0.25) is 0 Å². The second-order valence-electron chi connectivity index (χ2n) is 7.25. The molecule has 4 rings (SSSR count). The van der Waals surface area contributed by atoms with E-state index in [9.17, 15) is 9.59 Å². The zero-order valence-electron chi connectivity index (χ0n) is 17.9. The van der Waals surface area contributed by atoms with Gasteiger partial charge in [0.1, 0.15) is 5.69 Å². The van der Waals surface area contributed by atoms with Gasteiger partial charge in [-0.05, 0) is 35.8 Å². The number of unbranched alkanes of at least 4 members (excludes halogenated alkanes) is 1. The van der Waals surface area contributed by atoms with E-state index in [1.807, 2.05) is 48.5 Å². The average Bonchev–Trinajstić information content (AvgIpc) is 3.09. The summed E-state index contributed by atoms with van der Waals surface area (Å²) in [7, 11) is 1.58. The molecule has 0 atom stereocenters. The molecule has 0 bridgehead atoms. The fourth-order valence-corrected chi connectivity index (χ4v) is 4.12. The van der Waals surface area contributed by atoms with Crippen molar-refractivity contribution < 1.29 is 9.47 Å².